The molecule has 0 aromatic heterocycles. The molecular formula is C16H24O. The minimum atomic E-state index is -0.411. The Morgan fingerprint density at radius 1 is 1.00 bits per heavy atom. The van der Waals surface area contributed by atoms with Gasteiger partial charge >= 0.3 is 0 Å². The number of hydrogen-bond acceptors (Lipinski definition) is 1. The average Bonchev–Trinajstić information content (AvgIpc) is 2.33. The molecule has 1 heteroatoms. The summed E-state index contributed by atoms with van der Waals surface area (Å²) in [6, 6.07) is 10.5. The largest absolute Gasteiger partial charge is 0.390 e. The fraction of sp³-hybridized carbons (Fsp3) is 0.625. The van der Waals surface area contributed by atoms with Crippen LogP contribution in [0.15, 0.2) is 30.3 Å². The topological polar surface area (TPSA) is 20.2 Å². The molecule has 1 aromatic carbocycles. The number of benzene rings is 1. The second-order valence-electron chi connectivity index (χ2n) is 6.37. The van der Waals surface area contributed by atoms with Crippen LogP contribution in [-0.2, 0) is 6.42 Å². The normalized spacial score (nSPS) is 22.3. The van der Waals surface area contributed by atoms with E-state index >= 15 is 0 Å². The molecule has 0 spiro atoms. The van der Waals surface area contributed by atoms with Crippen molar-refractivity contribution in [3.63, 3.8) is 0 Å². The molecule has 1 aromatic rings. The third-order valence-electron chi connectivity index (χ3n) is 4.26. The second-order valence-corrected chi connectivity index (χ2v) is 6.37. The predicted molar refractivity (Wildman–Crippen MR) is 72.0 cm³/mol. The van der Waals surface area contributed by atoms with Crippen molar-refractivity contribution in [1.29, 1.82) is 0 Å². The molecule has 0 heterocycles. The van der Waals surface area contributed by atoms with E-state index < -0.39 is 5.60 Å². The maximum absolute atomic E-state index is 10.6. The highest BCUT2D eigenvalue weighted by molar-refractivity contribution is 5.15. The van der Waals surface area contributed by atoms with Gasteiger partial charge in [0, 0.05) is 0 Å². The molecule has 1 aliphatic carbocycles. The van der Waals surface area contributed by atoms with E-state index in [4.69, 9.17) is 0 Å². The van der Waals surface area contributed by atoms with E-state index in [2.05, 4.69) is 38.1 Å². The minimum absolute atomic E-state index is 0.411. The van der Waals surface area contributed by atoms with Gasteiger partial charge in [-0.2, -0.15) is 0 Å². The summed E-state index contributed by atoms with van der Waals surface area (Å²) >= 11 is 0. The van der Waals surface area contributed by atoms with Gasteiger partial charge in [0.15, 0.2) is 0 Å². The maximum Gasteiger partial charge on any atom is 0.0651 e. The lowest BCUT2D eigenvalue weighted by Gasteiger charge is -2.40. The Bertz CT molecular complexity index is 343. The lowest BCUT2D eigenvalue weighted by molar-refractivity contribution is -0.0317. The van der Waals surface area contributed by atoms with Gasteiger partial charge in [0.25, 0.3) is 0 Å². The summed E-state index contributed by atoms with van der Waals surface area (Å²) in [6.45, 7) is 4.62. The van der Waals surface area contributed by atoms with E-state index in [0.29, 0.717) is 5.41 Å². The van der Waals surface area contributed by atoms with Crippen molar-refractivity contribution in [1.82, 2.24) is 0 Å². The molecule has 1 N–H and O–H groups in total. The smallest absolute Gasteiger partial charge is 0.0651 e. The van der Waals surface area contributed by atoms with Crippen LogP contribution in [0.5, 0.6) is 0 Å². The monoisotopic (exact) mass is 232 g/mol. The van der Waals surface area contributed by atoms with Crippen LogP contribution in [0, 0.1) is 5.41 Å². The minimum Gasteiger partial charge on any atom is -0.390 e. The summed E-state index contributed by atoms with van der Waals surface area (Å²) in [5.41, 5.74) is 1.36. The number of aryl methyl sites for hydroxylation is 1. The Labute approximate surface area is 105 Å². The quantitative estimate of drug-likeness (QED) is 0.836. The van der Waals surface area contributed by atoms with Gasteiger partial charge in [-0.1, -0.05) is 44.2 Å². The van der Waals surface area contributed by atoms with Gasteiger partial charge in [-0.05, 0) is 49.5 Å². The molecule has 0 radical (unpaired) electrons. The molecule has 94 valence electrons. The molecular weight excluding hydrogens is 208 g/mol. The first-order valence-electron chi connectivity index (χ1n) is 6.76. The van der Waals surface area contributed by atoms with E-state index in [1.807, 2.05) is 6.07 Å². The van der Waals surface area contributed by atoms with Crippen molar-refractivity contribution in [3.8, 4) is 0 Å². The molecule has 0 bridgehead atoms. The number of aliphatic hydroxyl groups is 1. The SMILES string of the molecule is CC1(C)CCC(O)(CCc2ccccc2)CC1. The van der Waals surface area contributed by atoms with Gasteiger partial charge in [-0.3, -0.25) is 0 Å². The van der Waals surface area contributed by atoms with E-state index in [0.717, 1.165) is 38.5 Å². The fourth-order valence-electron chi connectivity index (χ4n) is 2.66. The first kappa shape index (κ1) is 12.6. The van der Waals surface area contributed by atoms with E-state index in [-0.39, 0.29) is 0 Å². The molecule has 0 atom stereocenters. The van der Waals surface area contributed by atoms with E-state index in [1.54, 1.807) is 0 Å². The zero-order valence-electron chi connectivity index (χ0n) is 11.1. The highest BCUT2D eigenvalue weighted by Gasteiger charge is 2.35. The van der Waals surface area contributed by atoms with Gasteiger partial charge in [0.2, 0.25) is 0 Å². The van der Waals surface area contributed by atoms with Crippen molar-refractivity contribution < 1.29 is 5.11 Å². The van der Waals surface area contributed by atoms with Crippen molar-refractivity contribution in [2.24, 2.45) is 5.41 Å². The average molecular weight is 232 g/mol. The number of hydrogen-bond donors (Lipinski definition) is 1. The molecule has 2 rings (SSSR count). The first-order valence-corrected chi connectivity index (χ1v) is 6.76. The molecule has 1 aliphatic rings. The summed E-state index contributed by atoms with van der Waals surface area (Å²) in [5.74, 6) is 0. The second kappa shape index (κ2) is 4.81. The predicted octanol–water partition coefficient (Wildman–Crippen LogP) is 3.95. The third-order valence-corrected chi connectivity index (χ3v) is 4.26. The highest BCUT2D eigenvalue weighted by Crippen LogP contribution is 2.41. The summed E-state index contributed by atoms with van der Waals surface area (Å²) in [4.78, 5) is 0. The van der Waals surface area contributed by atoms with Crippen molar-refractivity contribution in [3.05, 3.63) is 35.9 Å². The Morgan fingerprint density at radius 3 is 2.18 bits per heavy atom. The van der Waals surface area contributed by atoms with Gasteiger partial charge in [-0.25, -0.2) is 0 Å². The van der Waals surface area contributed by atoms with Gasteiger partial charge in [0.1, 0.15) is 0 Å². The van der Waals surface area contributed by atoms with Crippen LogP contribution in [0.1, 0.15) is 51.5 Å². The van der Waals surface area contributed by atoms with Crippen LogP contribution in [0.25, 0.3) is 0 Å². The summed E-state index contributed by atoms with van der Waals surface area (Å²) < 4.78 is 0. The van der Waals surface area contributed by atoms with Crippen LogP contribution in [0.3, 0.4) is 0 Å². The zero-order valence-corrected chi connectivity index (χ0v) is 11.1. The van der Waals surface area contributed by atoms with Crippen molar-refractivity contribution in [2.75, 3.05) is 0 Å². The molecule has 1 saturated carbocycles. The molecule has 0 saturated heterocycles. The van der Waals surface area contributed by atoms with Crippen LogP contribution in [0.2, 0.25) is 0 Å². The molecule has 0 aliphatic heterocycles. The Balaban J connectivity index is 1.87. The fourth-order valence-corrected chi connectivity index (χ4v) is 2.66. The van der Waals surface area contributed by atoms with Crippen LogP contribution in [-0.4, -0.2) is 10.7 Å². The number of rotatable bonds is 3. The van der Waals surface area contributed by atoms with Crippen molar-refractivity contribution in [2.45, 2.75) is 58.0 Å². The van der Waals surface area contributed by atoms with Crippen LogP contribution >= 0.6 is 0 Å². The van der Waals surface area contributed by atoms with Gasteiger partial charge < -0.3 is 5.11 Å². The summed E-state index contributed by atoms with van der Waals surface area (Å²) in [7, 11) is 0. The van der Waals surface area contributed by atoms with Crippen molar-refractivity contribution >= 4 is 0 Å². The Morgan fingerprint density at radius 2 is 1.59 bits per heavy atom. The molecule has 0 amide bonds. The Hall–Kier alpha value is -0.820. The first-order chi connectivity index (χ1) is 7.99. The van der Waals surface area contributed by atoms with Crippen LogP contribution in [0.4, 0.5) is 0 Å². The van der Waals surface area contributed by atoms with E-state index in [9.17, 15) is 5.11 Å². The highest BCUT2D eigenvalue weighted by atomic mass is 16.3. The third kappa shape index (κ3) is 3.57. The van der Waals surface area contributed by atoms with Gasteiger partial charge in [-0.15, -0.1) is 0 Å². The maximum atomic E-state index is 10.6. The van der Waals surface area contributed by atoms with Gasteiger partial charge in [0.05, 0.1) is 5.60 Å². The molecule has 0 unspecified atom stereocenters. The molecule has 1 fully saturated rings. The van der Waals surface area contributed by atoms with E-state index in [1.165, 1.54) is 5.56 Å². The lowest BCUT2D eigenvalue weighted by atomic mass is 9.69. The Kier molecular flexibility index (Phi) is 3.58. The summed E-state index contributed by atoms with van der Waals surface area (Å²) in [5, 5.41) is 10.6. The summed E-state index contributed by atoms with van der Waals surface area (Å²) in [6.07, 6.45) is 6.14. The standard InChI is InChI=1S/C16H24O/c1-15(2)10-12-16(17,13-11-15)9-8-14-6-4-3-5-7-14/h3-7,17H,8-13H2,1-2H3. The molecule has 17 heavy (non-hydrogen) atoms. The van der Waals surface area contributed by atoms with Crippen LogP contribution < -0.4 is 0 Å². The zero-order chi connectivity index (χ0) is 12.4. The molecule has 1 nitrogen and oxygen atoms in total. The lowest BCUT2D eigenvalue weighted by Crippen LogP contribution is -2.37.